The van der Waals surface area contributed by atoms with Crippen molar-refractivity contribution in [2.45, 2.75) is 40.5 Å². The molecule has 0 aromatic heterocycles. The first kappa shape index (κ1) is 16.8. The Labute approximate surface area is 76.7 Å². The standard InChI is InChI=1S/C4H11N.C4H10.Al.3H/c1-3-5-4-2;1-3-4-2;;;;/h5H,3-4H2,1-2H3;3-4H2,1-2H3;;;;. The highest BCUT2D eigenvalue weighted by Gasteiger charge is 1.62. The molecular weight excluding hydrogens is 137 g/mol. The highest BCUT2D eigenvalue weighted by atomic mass is 27.0. The smallest absolute Gasteiger partial charge is 0.187 e. The van der Waals surface area contributed by atoms with Gasteiger partial charge in [-0.2, -0.15) is 0 Å². The number of nitrogens with one attached hydrogen (secondary N) is 1. The second-order valence-corrected chi connectivity index (χ2v) is 1.96. The van der Waals surface area contributed by atoms with E-state index in [4.69, 9.17) is 0 Å². The topological polar surface area (TPSA) is 12.0 Å². The van der Waals surface area contributed by atoms with Crippen LogP contribution in [0, 0.1) is 0 Å². The van der Waals surface area contributed by atoms with Crippen molar-refractivity contribution in [3.63, 3.8) is 0 Å². The van der Waals surface area contributed by atoms with Crippen LogP contribution in [-0.4, -0.2) is 30.5 Å². The fraction of sp³-hybridized carbons (Fsp3) is 1.00. The summed E-state index contributed by atoms with van der Waals surface area (Å²) in [5.41, 5.74) is 0. The van der Waals surface area contributed by atoms with E-state index in [1.165, 1.54) is 12.8 Å². The van der Waals surface area contributed by atoms with Crippen LogP contribution < -0.4 is 5.32 Å². The van der Waals surface area contributed by atoms with Gasteiger partial charge in [0.2, 0.25) is 0 Å². The van der Waals surface area contributed by atoms with E-state index in [9.17, 15) is 0 Å². The van der Waals surface area contributed by atoms with Crippen LogP contribution in [0.2, 0.25) is 0 Å². The van der Waals surface area contributed by atoms with Gasteiger partial charge in [0.25, 0.3) is 0 Å². The van der Waals surface area contributed by atoms with Gasteiger partial charge in [0, 0.05) is 0 Å². The predicted molar refractivity (Wildman–Crippen MR) is 54.7 cm³/mol. The Morgan fingerprint density at radius 1 is 0.800 bits per heavy atom. The maximum Gasteiger partial charge on any atom is 0.187 e. The summed E-state index contributed by atoms with van der Waals surface area (Å²) < 4.78 is 0. The fourth-order valence-electron chi connectivity index (χ4n) is 0.250. The Balaban J connectivity index is -0.0000000910. The van der Waals surface area contributed by atoms with Crippen molar-refractivity contribution in [1.82, 2.24) is 5.32 Å². The van der Waals surface area contributed by atoms with Crippen molar-refractivity contribution in [2.75, 3.05) is 13.1 Å². The number of rotatable bonds is 3. The summed E-state index contributed by atoms with van der Waals surface area (Å²) >= 11 is 0. The van der Waals surface area contributed by atoms with E-state index >= 15 is 0 Å². The molecule has 0 radical (unpaired) electrons. The van der Waals surface area contributed by atoms with E-state index in [0.717, 1.165) is 13.1 Å². The summed E-state index contributed by atoms with van der Waals surface area (Å²) in [5, 5.41) is 3.11. The average molecular weight is 161 g/mol. The molecule has 0 unspecified atom stereocenters. The van der Waals surface area contributed by atoms with Gasteiger partial charge in [0.05, 0.1) is 0 Å². The van der Waals surface area contributed by atoms with Crippen LogP contribution >= 0.6 is 0 Å². The summed E-state index contributed by atoms with van der Waals surface area (Å²) in [6.45, 7) is 10.8. The molecule has 1 N–H and O–H groups in total. The third-order valence-corrected chi connectivity index (χ3v) is 1.000. The van der Waals surface area contributed by atoms with Crippen LogP contribution in [0.5, 0.6) is 0 Å². The Bertz CT molecular complexity index is 28.4. The zero-order valence-electron chi connectivity index (χ0n) is 7.33. The first-order valence-corrected chi connectivity index (χ1v) is 4.04. The molecule has 0 amide bonds. The highest BCUT2D eigenvalue weighted by Crippen LogP contribution is 1.76. The second kappa shape index (κ2) is 22.7. The molecule has 0 rings (SSSR count). The van der Waals surface area contributed by atoms with Gasteiger partial charge in [-0.25, -0.2) is 0 Å². The largest absolute Gasteiger partial charge is 0.317 e. The third-order valence-electron chi connectivity index (χ3n) is 1.000. The molecule has 0 saturated heterocycles. The lowest BCUT2D eigenvalue weighted by molar-refractivity contribution is 0.762. The highest BCUT2D eigenvalue weighted by molar-refractivity contribution is 5.75. The summed E-state index contributed by atoms with van der Waals surface area (Å²) in [6.07, 6.45) is 2.64. The predicted octanol–water partition coefficient (Wildman–Crippen LogP) is 1.24. The van der Waals surface area contributed by atoms with Crippen molar-refractivity contribution < 1.29 is 0 Å². The van der Waals surface area contributed by atoms with Crippen LogP contribution in [-0.2, 0) is 0 Å². The van der Waals surface area contributed by atoms with Gasteiger partial charge < -0.3 is 5.32 Å². The van der Waals surface area contributed by atoms with Gasteiger partial charge in [-0.1, -0.05) is 40.5 Å². The molecule has 0 aromatic rings. The summed E-state index contributed by atoms with van der Waals surface area (Å²) in [6, 6.07) is 0. The van der Waals surface area contributed by atoms with Gasteiger partial charge in [0.15, 0.2) is 17.4 Å². The number of hydrogen-bond donors (Lipinski definition) is 1. The molecule has 0 aliphatic heterocycles. The summed E-state index contributed by atoms with van der Waals surface area (Å²) in [4.78, 5) is 0. The van der Waals surface area contributed by atoms with Crippen molar-refractivity contribution >= 4 is 17.4 Å². The molecule has 0 saturated carbocycles. The minimum Gasteiger partial charge on any atom is -0.317 e. The third kappa shape index (κ3) is 39.1. The molecular formula is C8H24AlN. The second-order valence-electron chi connectivity index (χ2n) is 1.96. The van der Waals surface area contributed by atoms with Gasteiger partial charge in [-0.3, -0.25) is 0 Å². The molecule has 0 aliphatic carbocycles. The molecule has 0 fully saturated rings. The molecule has 64 valence electrons. The first-order chi connectivity index (χ1) is 4.33. The summed E-state index contributed by atoms with van der Waals surface area (Å²) in [7, 11) is 0. The SMILES string of the molecule is CCCC.CCNCC.[AlH3]. The molecule has 0 aliphatic rings. The lowest BCUT2D eigenvalue weighted by Crippen LogP contribution is -2.09. The monoisotopic (exact) mass is 161 g/mol. The number of hydrogen-bond acceptors (Lipinski definition) is 1. The Hall–Kier alpha value is 0.492. The molecule has 0 aromatic carbocycles. The van der Waals surface area contributed by atoms with Crippen LogP contribution in [0.25, 0.3) is 0 Å². The zero-order valence-corrected chi connectivity index (χ0v) is 7.33. The molecule has 0 spiro atoms. The lowest BCUT2D eigenvalue weighted by atomic mass is 10.4. The number of unbranched alkanes of at least 4 members (excludes halogenated alkanes) is 1. The maximum atomic E-state index is 3.11. The Morgan fingerprint density at radius 3 is 1.10 bits per heavy atom. The van der Waals surface area contributed by atoms with Crippen LogP contribution in [0.1, 0.15) is 40.5 Å². The van der Waals surface area contributed by atoms with Gasteiger partial charge in [-0.05, 0) is 13.1 Å². The van der Waals surface area contributed by atoms with E-state index in [2.05, 4.69) is 33.0 Å². The Kier molecular flexibility index (Phi) is 38.2. The summed E-state index contributed by atoms with van der Waals surface area (Å²) in [5.74, 6) is 0. The van der Waals surface area contributed by atoms with E-state index in [1.54, 1.807) is 0 Å². The van der Waals surface area contributed by atoms with Gasteiger partial charge in [0.1, 0.15) is 0 Å². The Morgan fingerprint density at radius 2 is 1.10 bits per heavy atom. The van der Waals surface area contributed by atoms with Gasteiger partial charge in [-0.15, -0.1) is 0 Å². The van der Waals surface area contributed by atoms with Gasteiger partial charge >= 0.3 is 0 Å². The first-order valence-electron chi connectivity index (χ1n) is 4.04. The molecule has 1 nitrogen and oxygen atoms in total. The van der Waals surface area contributed by atoms with E-state index in [0.29, 0.717) is 0 Å². The lowest BCUT2D eigenvalue weighted by Gasteiger charge is -1.86. The van der Waals surface area contributed by atoms with E-state index in [1.807, 2.05) is 0 Å². The van der Waals surface area contributed by atoms with E-state index in [-0.39, 0.29) is 17.4 Å². The van der Waals surface area contributed by atoms with Crippen molar-refractivity contribution in [1.29, 1.82) is 0 Å². The van der Waals surface area contributed by atoms with Crippen molar-refractivity contribution in [2.24, 2.45) is 0 Å². The molecule has 0 atom stereocenters. The minimum absolute atomic E-state index is 0. The van der Waals surface area contributed by atoms with Crippen LogP contribution in [0.15, 0.2) is 0 Å². The maximum absolute atomic E-state index is 3.11. The van der Waals surface area contributed by atoms with Crippen LogP contribution in [0.3, 0.4) is 0 Å². The molecule has 2 heteroatoms. The molecule has 0 bridgehead atoms. The fourth-order valence-corrected chi connectivity index (χ4v) is 0.250. The quantitative estimate of drug-likeness (QED) is 0.614. The van der Waals surface area contributed by atoms with Crippen LogP contribution in [0.4, 0.5) is 0 Å². The van der Waals surface area contributed by atoms with E-state index < -0.39 is 0 Å². The molecule has 10 heavy (non-hydrogen) atoms. The van der Waals surface area contributed by atoms with Crippen molar-refractivity contribution in [3.05, 3.63) is 0 Å². The van der Waals surface area contributed by atoms with Crippen molar-refractivity contribution in [3.8, 4) is 0 Å². The normalized spacial score (nSPS) is 7.20. The minimum atomic E-state index is 0. The zero-order chi connectivity index (χ0) is 7.54. The molecule has 0 heterocycles. The average Bonchev–Trinajstić information content (AvgIpc) is 1.91.